The van der Waals surface area contributed by atoms with Gasteiger partial charge in [0.25, 0.3) is 5.91 Å². The monoisotopic (exact) mass is 1080 g/mol. The van der Waals surface area contributed by atoms with Gasteiger partial charge in [-0.25, -0.2) is 34.7 Å². The van der Waals surface area contributed by atoms with Crippen LogP contribution < -0.4 is 14.8 Å². The number of aromatic amines is 1. The average Bonchev–Trinajstić information content (AvgIpc) is 4.05. The molecule has 1 amide bonds. The van der Waals surface area contributed by atoms with Gasteiger partial charge in [0.05, 0.1) is 29.7 Å². The third kappa shape index (κ3) is 15.2. The number of ether oxygens (including phenoxy) is 4. The molecule has 72 heavy (non-hydrogen) atoms. The Kier molecular flexibility index (Phi) is 18.2. The molecule has 3 N–H and O–H groups in total. The predicted molar refractivity (Wildman–Crippen MR) is 285 cm³/mol. The van der Waals surface area contributed by atoms with Crippen molar-refractivity contribution in [3.63, 3.8) is 0 Å². The fraction of sp³-hybridized carbons (Fsp3) is 0.353. The Hall–Kier alpha value is -6.66. The molecular formula is C51H61BrN10O8Si2. The van der Waals surface area contributed by atoms with Crippen molar-refractivity contribution in [2.45, 2.75) is 103 Å². The van der Waals surface area contributed by atoms with Crippen LogP contribution in [-0.4, -0.2) is 103 Å². The number of nitrogens with zero attached hydrogens (tertiary/aromatic N) is 8. The first kappa shape index (κ1) is 53.2. The first-order valence-electron chi connectivity index (χ1n) is 23.9. The van der Waals surface area contributed by atoms with Gasteiger partial charge in [0.1, 0.15) is 51.7 Å². The normalized spacial score (nSPS) is 13.0. The van der Waals surface area contributed by atoms with Crippen molar-refractivity contribution in [1.82, 2.24) is 49.3 Å². The number of para-hydroxylation sites is 2. The van der Waals surface area contributed by atoms with Crippen molar-refractivity contribution in [1.29, 1.82) is 0 Å². The minimum absolute atomic E-state index is 0.0739. The van der Waals surface area contributed by atoms with Crippen LogP contribution in [0.1, 0.15) is 63.2 Å². The summed E-state index contributed by atoms with van der Waals surface area (Å²) in [6.45, 7) is 15.8. The van der Waals surface area contributed by atoms with E-state index in [2.05, 4.69) is 95.4 Å². The molecule has 1 saturated carbocycles. The second-order valence-electron chi connectivity index (χ2n) is 19.7. The fourth-order valence-corrected chi connectivity index (χ4v) is 9.28. The first-order chi connectivity index (χ1) is 34.5. The SMILES string of the molecule is C[Si](C)(C)CCOCn1cc(C(=O)O)c2nc(Oc3ccccc3)cnc21.C[Si](C)(C)CCOCn1cc(C=O)c2nc(Br)cnc21.O=C(NC1CCCCC1)c1c[nH]c2ncc(Oc3ccccc3)nc12. The minimum Gasteiger partial charge on any atom is -0.478 e. The zero-order valence-corrected chi connectivity index (χ0v) is 45.0. The van der Waals surface area contributed by atoms with E-state index in [9.17, 15) is 19.5 Å². The lowest BCUT2D eigenvalue weighted by Crippen LogP contribution is -2.36. The summed E-state index contributed by atoms with van der Waals surface area (Å²) in [4.78, 5) is 64.4. The van der Waals surface area contributed by atoms with Crippen LogP contribution >= 0.6 is 15.9 Å². The minimum atomic E-state index is -1.18. The molecule has 0 radical (unpaired) electrons. The van der Waals surface area contributed by atoms with Crippen molar-refractivity contribution in [2.75, 3.05) is 13.2 Å². The van der Waals surface area contributed by atoms with Crippen LogP contribution in [-0.2, 0) is 22.9 Å². The number of fused-ring (bicyclic) bond motifs is 3. The lowest BCUT2D eigenvalue weighted by atomic mass is 9.95. The maximum atomic E-state index is 12.6. The first-order valence-corrected chi connectivity index (χ1v) is 32.1. The quantitative estimate of drug-likeness (QED) is 0.0413. The third-order valence-corrected chi connectivity index (χ3v) is 15.2. The summed E-state index contributed by atoms with van der Waals surface area (Å²) < 4.78 is 26.9. The second kappa shape index (κ2) is 24.6. The largest absolute Gasteiger partial charge is 0.478 e. The molecule has 9 rings (SSSR count). The van der Waals surface area contributed by atoms with Crippen LogP contribution in [0, 0.1) is 0 Å². The van der Waals surface area contributed by atoms with Gasteiger partial charge in [-0.05, 0) is 65.1 Å². The van der Waals surface area contributed by atoms with E-state index >= 15 is 0 Å². The number of hydrogen-bond acceptors (Lipinski definition) is 13. The number of benzene rings is 2. The molecule has 0 atom stereocenters. The molecule has 0 spiro atoms. The van der Waals surface area contributed by atoms with Gasteiger partial charge in [-0.15, -0.1) is 0 Å². The Balaban J connectivity index is 0.000000160. The van der Waals surface area contributed by atoms with Crippen molar-refractivity contribution in [2.24, 2.45) is 0 Å². The number of carbonyl (C=O) groups excluding carboxylic acids is 2. The van der Waals surface area contributed by atoms with E-state index in [1.165, 1.54) is 31.7 Å². The number of rotatable bonds is 18. The summed E-state index contributed by atoms with van der Waals surface area (Å²) in [5.41, 5.74) is 4.23. The maximum absolute atomic E-state index is 12.6. The second-order valence-corrected chi connectivity index (χ2v) is 31.7. The van der Waals surface area contributed by atoms with Gasteiger partial charge in [-0.2, -0.15) is 0 Å². The van der Waals surface area contributed by atoms with Crippen molar-refractivity contribution in [3.05, 3.63) is 119 Å². The summed E-state index contributed by atoms with van der Waals surface area (Å²) in [6, 6.07) is 21.0. The van der Waals surface area contributed by atoms with E-state index < -0.39 is 22.1 Å². The van der Waals surface area contributed by atoms with Gasteiger partial charge in [0, 0.05) is 54.0 Å². The van der Waals surface area contributed by atoms with E-state index in [4.69, 9.17) is 18.9 Å². The molecule has 1 fully saturated rings. The Bertz CT molecular complexity index is 3080. The molecule has 18 nitrogen and oxygen atoms in total. The zero-order valence-electron chi connectivity index (χ0n) is 41.4. The van der Waals surface area contributed by atoms with Gasteiger partial charge in [0.2, 0.25) is 11.8 Å². The van der Waals surface area contributed by atoms with Gasteiger partial charge < -0.3 is 43.5 Å². The standard InChI is InChI=1S/C19H20N4O2.C19H23N3O4Si.C13H18BrN3O2Si/c24-19(22-13-7-3-1-4-8-13)15-11-20-18-17(15)23-16(12-21-18)25-14-9-5-2-6-10-14;1-27(2,3)10-9-25-13-22-12-15(19(23)24)17-18(22)20-11-16(21-17)26-14-7-5-4-6-8-14;1-20(2,3)5-4-19-9-17-7-10(8-18)12-13(17)15-6-11(14)16-12/h2,5-6,9-13H,1,3-4,7-8H2,(H,20,21)(H,22,24);4-8,11-12H,9-10,13H2,1-3H3,(H,23,24);6-8H,4-5,9H2,1-3H3. The Morgan fingerprint density at radius 1 is 0.722 bits per heavy atom. The molecular weight excluding hydrogens is 1020 g/mol. The van der Waals surface area contributed by atoms with E-state index in [1.807, 2.05) is 53.1 Å². The highest BCUT2D eigenvalue weighted by molar-refractivity contribution is 9.10. The molecule has 378 valence electrons. The van der Waals surface area contributed by atoms with E-state index in [0.29, 0.717) is 74.4 Å². The fourth-order valence-electron chi connectivity index (χ4n) is 7.49. The molecule has 21 heteroatoms. The Morgan fingerprint density at radius 2 is 1.26 bits per heavy atom. The smallest absolute Gasteiger partial charge is 0.339 e. The predicted octanol–water partition coefficient (Wildman–Crippen LogP) is 11.4. The summed E-state index contributed by atoms with van der Waals surface area (Å²) in [6.07, 6.45) is 16.0. The van der Waals surface area contributed by atoms with E-state index in [1.54, 1.807) is 41.5 Å². The number of carboxylic acids is 1. The van der Waals surface area contributed by atoms with Crippen LogP contribution in [0.5, 0.6) is 23.3 Å². The Morgan fingerprint density at radius 3 is 1.83 bits per heavy atom. The molecule has 2 aromatic carbocycles. The molecule has 8 aromatic rings. The number of H-pyrrole nitrogens is 1. The van der Waals surface area contributed by atoms with Crippen molar-refractivity contribution < 1.29 is 38.4 Å². The molecule has 6 heterocycles. The number of aromatic carboxylic acids is 1. The van der Waals surface area contributed by atoms with Crippen LogP contribution in [0.3, 0.4) is 0 Å². The summed E-state index contributed by atoms with van der Waals surface area (Å²) >= 11 is 3.27. The number of aldehydes is 1. The Labute approximate surface area is 428 Å². The number of carbonyl (C=O) groups is 3. The van der Waals surface area contributed by atoms with Gasteiger partial charge in [-0.3, -0.25) is 9.59 Å². The van der Waals surface area contributed by atoms with Crippen LogP contribution in [0.25, 0.3) is 33.5 Å². The number of carboxylic acid groups (broad SMARTS) is 1. The molecule has 1 aliphatic carbocycles. The lowest BCUT2D eigenvalue weighted by Gasteiger charge is -2.22. The molecule has 0 bridgehead atoms. The number of hydrogen-bond donors (Lipinski definition) is 3. The zero-order chi connectivity index (χ0) is 51.3. The number of amides is 1. The summed E-state index contributed by atoms with van der Waals surface area (Å²) in [5.74, 6) is 0.729. The molecule has 0 aliphatic heterocycles. The highest BCUT2D eigenvalue weighted by Gasteiger charge is 2.22. The number of halogens is 1. The highest BCUT2D eigenvalue weighted by Crippen LogP contribution is 2.26. The van der Waals surface area contributed by atoms with Gasteiger partial charge in [-0.1, -0.05) is 94.9 Å². The number of aromatic nitrogens is 9. The molecule has 1 aliphatic rings. The van der Waals surface area contributed by atoms with Crippen molar-refractivity contribution in [3.8, 4) is 23.3 Å². The lowest BCUT2D eigenvalue weighted by molar-refractivity contribution is 0.0695. The molecule has 0 unspecified atom stereocenters. The van der Waals surface area contributed by atoms with Crippen LogP contribution in [0.4, 0.5) is 0 Å². The average molecular weight is 1080 g/mol. The maximum Gasteiger partial charge on any atom is 0.339 e. The molecule has 6 aromatic heterocycles. The van der Waals surface area contributed by atoms with Crippen molar-refractivity contribution >= 4 is 83.7 Å². The summed E-state index contributed by atoms with van der Waals surface area (Å²) in [5, 5.41) is 12.6. The number of nitrogens with one attached hydrogen (secondary N) is 2. The van der Waals surface area contributed by atoms with Crippen LogP contribution in [0.15, 0.2) is 102 Å². The highest BCUT2D eigenvalue weighted by atomic mass is 79.9. The summed E-state index contributed by atoms with van der Waals surface area (Å²) in [7, 11) is -2.26. The van der Waals surface area contributed by atoms with E-state index in [-0.39, 0.29) is 35.6 Å². The molecule has 0 saturated heterocycles. The van der Waals surface area contributed by atoms with Gasteiger partial charge >= 0.3 is 5.97 Å². The topological polar surface area (TPSA) is 223 Å². The third-order valence-electron chi connectivity index (χ3n) is 11.4. The van der Waals surface area contributed by atoms with Gasteiger partial charge in [0.15, 0.2) is 23.2 Å². The van der Waals surface area contributed by atoms with Crippen LogP contribution in [0.2, 0.25) is 51.4 Å². The van der Waals surface area contributed by atoms with E-state index in [0.717, 1.165) is 37.8 Å².